The molecule has 1 amide bonds. The molecular weight excluding hydrogens is 552 g/mol. The maximum atomic E-state index is 14.0. The van der Waals surface area contributed by atoms with Crippen LogP contribution in [0.3, 0.4) is 0 Å². The molecular formula is C23H15ClF8N4O2. The molecule has 1 N–H and O–H groups in total. The summed E-state index contributed by atoms with van der Waals surface area (Å²) in [6.45, 7) is 1.61. The minimum absolute atomic E-state index is 0.0308. The lowest BCUT2D eigenvalue weighted by Gasteiger charge is -2.19. The number of alkyl halides is 8. The number of carbonyl (C=O) groups is 1. The van der Waals surface area contributed by atoms with Crippen LogP contribution in [0.25, 0.3) is 22.9 Å². The van der Waals surface area contributed by atoms with Crippen LogP contribution in [0.2, 0.25) is 5.02 Å². The number of oxazole rings is 1. The zero-order valence-electron chi connectivity index (χ0n) is 19.3. The molecule has 1 aliphatic rings. The average molecular weight is 567 g/mol. The minimum Gasteiger partial charge on any atom is -0.434 e. The van der Waals surface area contributed by atoms with Crippen molar-refractivity contribution in [3.05, 3.63) is 46.2 Å². The third-order valence-electron chi connectivity index (χ3n) is 5.65. The van der Waals surface area contributed by atoms with E-state index in [1.54, 1.807) is 6.92 Å². The van der Waals surface area contributed by atoms with Gasteiger partial charge in [-0.2, -0.15) is 40.2 Å². The van der Waals surface area contributed by atoms with Crippen LogP contribution < -0.4 is 5.32 Å². The third kappa shape index (κ3) is 4.82. The molecule has 0 spiro atoms. The molecule has 2 heterocycles. The molecule has 0 atom stereocenters. The van der Waals surface area contributed by atoms with Gasteiger partial charge in [0.1, 0.15) is 16.8 Å². The standard InChI is InChI=1S/C23H15ClF8N4O2/c1-3-6-20(7-8-20)34-18(37)12-9-11(4-5-13(12)24)19-33-10-14(38-19)16-15(22(27,28)29)17(35-36(16)2)21(25,26)23(30,31)32/h4-5,9-10H,7-8H2,1-2H3,(H,34,37). The molecule has 0 bridgehead atoms. The largest absolute Gasteiger partial charge is 0.459 e. The van der Waals surface area contributed by atoms with E-state index < -0.39 is 52.4 Å². The molecule has 2 aromatic heterocycles. The van der Waals surface area contributed by atoms with Crippen LogP contribution in [0.4, 0.5) is 35.1 Å². The summed E-state index contributed by atoms with van der Waals surface area (Å²) in [5.74, 6) is -2.04. The van der Waals surface area contributed by atoms with E-state index in [0.717, 1.165) is 7.05 Å². The van der Waals surface area contributed by atoms with Gasteiger partial charge in [0.05, 0.1) is 16.8 Å². The first-order valence-electron chi connectivity index (χ1n) is 10.6. The summed E-state index contributed by atoms with van der Waals surface area (Å²) >= 11 is 6.13. The Labute approximate surface area is 214 Å². The van der Waals surface area contributed by atoms with Crippen molar-refractivity contribution < 1.29 is 44.3 Å². The Hall–Kier alpha value is -3.60. The van der Waals surface area contributed by atoms with Crippen LogP contribution in [0.5, 0.6) is 0 Å². The van der Waals surface area contributed by atoms with Gasteiger partial charge in [0.25, 0.3) is 5.91 Å². The summed E-state index contributed by atoms with van der Waals surface area (Å²) in [7, 11) is 0.750. The second kappa shape index (κ2) is 9.00. The van der Waals surface area contributed by atoms with Crippen LogP contribution in [0, 0.1) is 11.8 Å². The Bertz CT molecular complexity index is 1470. The number of aromatic nitrogens is 3. The SMILES string of the molecule is CC#CC1(NC(=O)c2cc(-c3ncc(-c4c(C(F)(F)F)c(C(F)(F)C(F)(F)F)nn4C)o3)ccc2Cl)CC1. The Kier molecular flexibility index (Phi) is 6.50. The number of benzene rings is 1. The molecule has 38 heavy (non-hydrogen) atoms. The molecule has 1 aromatic carbocycles. The molecule has 6 nitrogen and oxygen atoms in total. The first-order chi connectivity index (χ1) is 17.5. The van der Waals surface area contributed by atoms with E-state index in [4.69, 9.17) is 16.0 Å². The maximum Gasteiger partial charge on any atom is 0.459 e. The highest BCUT2D eigenvalue weighted by Gasteiger charge is 2.64. The van der Waals surface area contributed by atoms with E-state index in [-0.39, 0.29) is 26.7 Å². The van der Waals surface area contributed by atoms with Gasteiger partial charge < -0.3 is 9.73 Å². The number of halogens is 9. The summed E-state index contributed by atoms with van der Waals surface area (Å²) in [5.41, 5.74) is -6.71. The van der Waals surface area contributed by atoms with Gasteiger partial charge in [-0.3, -0.25) is 9.48 Å². The minimum atomic E-state index is -6.34. The van der Waals surface area contributed by atoms with Gasteiger partial charge in [-0.1, -0.05) is 17.5 Å². The van der Waals surface area contributed by atoms with Crippen molar-refractivity contribution in [3.63, 3.8) is 0 Å². The van der Waals surface area contributed by atoms with E-state index in [2.05, 4.69) is 27.2 Å². The first kappa shape index (κ1) is 27.4. The number of rotatable bonds is 5. The second-order valence-electron chi connectivity index (χ2n) is 8.40. The van der Waals surface area contributed by atoms with Gasteiger partial charge in [-0.15, -0.1) is 5.92 Å². The van der Waals surface area contributed by atoms with Crippen LogP contribution in [0.15, 0.2) is 28.8 Å². The zero-order chi connectivity index (χ0) is 28.3. The van der Waals surface area contributed by atoms with Crippen LogP contribution in [-0.4, -0.2) is 32.4 Å². The van der Waals surface area contributed by atoms with Crippen LogP contribution in [0.1, 0.15) is 41.4 Å². The molecule has 3 aromatic rings. The maximum absolute atomic E-state index is 14.0. The zero-order valence-corrected chi connectivity index (χ0v) is 20.0. The smallest absolute Gasteiger partial charge is 0.434 e. The van der Waals surface area contributed by atoms with E-state index in [1.807, 2.05) is 0 Å². The molecule has 1 fully saturated rings. The van der Waals surface area contributed by atoms with Gasteiger partial charge in [0, 0.05) is 12.6 Å². The van der Waals surface area contributed by atoms with Gasteiger partial charge in [-0.05, 0) is 38.0 Å². The fourth-order valence-corrected chi connectivity index (χ4v) is 3.91. The van der Waals surface area contributed by atoms with Gasteiger partial charge in [0.15, 0.2) is 11.5 Å². The highest BCUT2D eigenvalue weighted by molar-refractivity contribution is 6.34. The van der Waals surface area contributed by atoms with Crippen molar-refractivity contribution >= 4 is 17.5 Å². The molecule has 15 heteroatoms. The summed E-state index contributed by atoms with van der Waals surface area (Å²) in [4.78, 5) is 16.6. The summed E-state index contributed by atoms with van der Waals surface area (Å²) in [6.07, 6.45) is -10.0. The Morgan fingerprint density at radius 1 is 1.16 bits per heavy atom. The van der Waals surface area contributed by atoms with Crippen LogP contribution >= 0.6 is 11.6 Å². The first-order valence-corrected chi connectivity index (χ1v) is 11.0. The number of hydrogen-bond acceptors (Lipinski definition) is 4. The van der Waals surface area contributed by atoms with Crippen LogP contribution in [-0.2, 0) is 19.1 Å². The van der Waals surface area contributed by atoms with Crippen molar-refractivity contribution in [2.75, 3.05) is 0 Å². The lowest BCUT2D eigenvalue weighted by Crippen LogP contribution is -2.36. The van der Waals surface area contributed by atoms with E-state index in [9.17, 15) is 39.9 Å². The fourth-order valence-electron chi connectivity index (χ4n) is 3.71. The monoisotopic (exact) mass is 566 g/mol. The normalized spacial score (nSPS) is 15.1. The van der Waals surface area contributed by atoms with Crippen molar-refractivity contribution in [1.82, 2.24) is 20.1 Å². The van der Waals surface area contributed by atoms with Gasteiger partial charge >= 0.3 is 18.3 Å². The van der Waals surface area contributed by atoms with Crippen molar-refractivity contribution in [1.29, 1.82) is 0 Å². The Morgan fingerprint density at radius 3 is 2.37 bits per heavy atom. The summed E-state index contributed by atoms with van der Waals surface area (Å²) in [5, 5.41) is 5.61. The fraction of sp³-hybridized carbons (Fsp3) is 0.348. The number of amides is 1. The predicted octanol–water partition coefficient (Wildman–Crippen LogP) is 6.35. The second-order valence-corrected chi connectivity index (χ2v) is 8.81. The highest BCUT2D eigenvalue weighted by Crippen LogP contribution is 2.50. The molecule has 0 aliphatic heterocycles. The van der Waals surface area contributed by atoms with Gasteiger partial charge in [0.2, 0.25) is 5.89 Å². The summed E-state index contributed by atoms with van der Waals surface area (Å²) < 4.78 is 113. The Morgan fingerprint density at radius 2 is 1.82 bits per heavy atom. The van der Waals surface area contributed by atoms with Gasteiger partial charge in [-0.25, -0.2) is 4.98 Å². The quantitative estimate of drug-likeness (QED) is 0.288. The molecule has 0 saturated heterocycles. The average Bonchev–Trinajstić information content (AvgIpc) is 3.21. The topological polar surface area (TPSA) is 73.0 Å². The lowest BCUT2D eigenvalue weighted by molar-refractivity contribution is -0.292. The molecule has 4 rings (SSSR count). The summed E-state index contributed by atoms with van der Waals surface area (Å²) in [6, 6.07) is 3.86. The predicted molar refractivity (Wildman–Crippen MR) is 117 cm³/mol. The molecule has 0 radical (unpaired) electrons. The van der Waals surface area contributed by atoms with E-state index >= 15 is 0 Å². The number of nitrogens with zero attached hydrogens (tertiary/aromatic N) is 3. The Balaban J connectivity index is 1.76. The van der Waals surface area contributed by atoms with Crippen molar-refractivity contribution in [2.24, 2.45) is 7.05 Å². The molecule has 1 aliphatic carbocycles. The third-order valence-corrected chi connectivity index (χ3v) is 5.98. The number of carbonyl (C=O) groups excluding carboxylic acids is 1. The van der Waals surface area contributed by atoms with Crippen molar-refractivity contribution in [2.45, 2.75) is 43.6 Å². The highest BCUT2D eigenvalue weighted by atomic mass is 35.5. The van der Waals surface area contributed by atoms with E-state index in [0.29, 0.717) is 19.0 Å². The molecule has 0 unspecified atom stereocenters. The number of nitrogens with one attached hydrogen (secondary N) is 1. The number of hydrogen-bond donors (Lipinski definition) is 1. The van der Waals surface area contributed by atoms with Crippen molar-refractivity contribution in [3.8, 4) is 34.7 Å². The number of aryl methyl sites for hydroxylation is 1. The molecule has 202 valence electrons. The lowest BCUT2D eigenvalue weighted by atomic mass is 10.1. The van der Waals surface area contributed by atoms with E-state index in [1.165, 1.54) is 18.2 Å². The molecule has 1 saturated carbocycles.